The average Bonchev–Trinajstić information content (AvgIpc) is 3.47. The van der Waals surface area contributed by atoms with Crippen molar-refractivity contribution in [3.8, 4) is 11.3 Å². The second-order valence-corrected chi connectivity index (χ2v) is 10.0. The predicted octanol–water partition coefficient (Wildman–Crippen LogP) is 2.44. The minimum atomic E-state index is 0.116. The number of amides is 2. The van der Waals surface area contributed by atoms with Gasteiger partial charge in [-0.25, -0.2) is 14.2 Å². The molecule has 10 nitrogen and oxygen atoms in total. The molecule has 32 heavy (non-hydrogen) atoms. The van der Waals surface area contributed by atoms with Gasteiger partial charge in [0.1, 0.15) is 6.33 Å². The van der Waals surface area contributed by atoms with Crippen LogP contribution in [0, 0.1) is 5.41 Å². The largest absolute Gasteiger partial charge is 0.323 e. The number of aromatic nitrogens is 7. The number of rotatable bonds is 4. The highest BCUT2D eigenvalue weighted by molar-refractivity contribution is 5.76. The van der Waals surface area contributed by atoms with Crippen LogP contribution in [0.5, 0.6) is 0 Å². The van der Waals surface area contributed by atoms with Crippen LogP contribution in [-0.2, 0) is 6.54 Å². The molecule has 0 aliphatic carbocycles. The summed E-state index contributed by atoms with van der Waals surface area (Å²) < 4.78 is 3.72. The fraction of sp³-hybridized carbons (Fsp3) is 0.545. The van der Waals surface area contributed by atoms with E-state index in [1.54, 1.807) is 11.0 Å². The number of likely N-dealkylation sites (tertiary alicyclic amines) is 2. The maximum atomic E-state index is 12.9. The summed E-state index contributed by atoms with van der Waals surface area (Å²) in [7, 11) is 0. The summed E-state index contributed by atoms with van der Waals surface area (Å²) in [6.07, 6.45) is 4.33. The van der Waals surface area contributed by atoms with Crippen LogP contribution in [0.15, 0.2) is 36.8 Å². The molecule has 10 heteroatoms. The van der Waals surface area contributed by atoms with Crippen molar-refractivity contribution in [2.24, 2.45) is 5.41 Å². The smallest absolute Gasteiger partial charge is 0.320 e. The third-order valence-corrected chi connectivity index (χ3v) is 6.24. The summed E-state index contributed by atoms with van der Waals surface area (Å²) in [6.45, 7) is 10.3. The maximum absolute atomic E-state index is 12.9. The van der Waals surface area contributed by atoms with Crippen LogP contribution in [0.3, 0.4) is 0 Å². The monoisotopic (exact) mass is 435 g/mol. The normalized spacial score (nSPS) is 19.4. The van der Waals surface area contributed by atoms with E-state index in [1.165, 1.54) is 5.56 Å². The van der Waals surface area contributed by atoms with Crippen molar-refractivity contribution >= 4 is 6.03 Å². The van der Waals surface area contributed by atoms with E-state index in [1.807, 2.05) is 20.7 Å². The predicted molar refractivity (Wildman–Crippen MR) is 118 cm³/mol. The van der Waals surface area contributed by atoms with Gasteiger partial charge in [-0.3, -0.25) is 0 Å². The van der Waals surface area contributed by atoms with Crippen LogP contribution in [0.4, 0.5) is 4.79 Å². The van der Waals surface area contributed by atoms with Gasteiger partial charge in [-0.1, -0.05) is 50.3 Å². The van der Waals surface area contributed by atoms with E-state index in [0.717, 1.165) is 43.9 Å². The Morgan fingerprint density at radius 2 is 1.81 bits per heavy atom. The van der Waals surface area contributed by atoms with E-state index >= 15 is 0 Å². The van der Waals surface area contributed by atoms with Gasteiger partial charge in [0.15, 0.2) is 0 Å². The minimum absolute atomic E-state index is 0.116. The molecule has 2 aromatic heterocycles. The summed E-state index contributed by atoms with van der Waals surface area (Å²) in [5.41, 5.74) is 3.54. The number of carbonyl (C=O) groups is 1. The zero-order valence-corrected chi connectivity index (χ0v) is 18.8. The van der Waals surface area contributed by atoms with Crippen molar-refractivity contribution in [3.05, 3.63) is 42.4 Å². The molecule has 2 saturated heterocycles. The van der Waals surface area contributed by atoms with E-state index in [2.05, 4.69) is 70.9 Å². The second-order valence-electron chi connectivity index (χ2n) is 10.0. The van der Waals surface area contributed by atoms with Gasteiger partial charge in [-0.15, -0.1) is 10.2 Å². The van der Waals surface area contributed by atoms with Gasteiger partial charge in [0.25, 0.3) is 0 Å². The fourth-order valence-electron chi connectivity index (χ4n) is 4.49. The van der Waals surface area contributed by atoms with Crippen molar-refractivity contribution in [1.82, 2.24) is 45.0 Å². The lowest BCUT2D eigenvalue weighted by molar-refractivity contribution is 0.120. The Bertz CT molecular complexity index is 1060. The molecule has 0 radical (unpaired) electrons. The number of carbonyl (C=O) groups excluding carboxylic acids is 1. The zero-order valence-electron chi connectivity index (χ0n) is 18.8. The molecule has 1 aromatic carbocycles. The Morgan fingerprint density at radius 3 is 2.50 bits per heavy atom. The minimum Gasteiger partial charge on any atom is -0.323 e. The van der Waals surface area contributed by atoms with Crippen molar-refractivity contribution in [2.75, 3.05) is 26.2 Å². The molecule has 3 aromatic rings. The molecule has 0 bridgehead atoms. The molecule has 2 aliphatic rings. The molecule has 0 saturated carbocycles. The Morgan fingerprint density at radius 1 is 1.03 bits per heavy atom. The zero-order chi connectivity index (χ0) is 22.3. The fourth-order valence-corrected chi connectivity index (χ4v) is 4.49. The summed E-state index contributed by atoms with van der Waals surface area (Å²) in [6, 6.07) is 8.88. The molecule has 1 atom stereocenters. The number of hydrogen-bond acceptors (Lipinski definition) is 6. The highest BCUT2D eigenvalue weighted by Crippen LogP contribution is 2.31. The molecule has 2 aliphatic heterocycles. The third kappa shape index (κ3) is 4.09. The maximum Gasteiger partial charge on any atom is 0.320 e. The third-order valence-electron chi connectivity index (χ3n) is 6.24. The van der Waals surface area contributed by atoms with Gasteiger partial charge < -0.3 is 9.80 Å². The number of tetrazole rings is 1. The van der Waals surface area contributed by atoms with Gasteiger partial charge >= 0.3 is 6.03 Å². The standard InChI is InChI=1S/C22H29N9O/c1-22(2,3)14-30-20(10-23-26-30)17-6-4-16(5-7-17)18-11-29(12-18)21(32)28-9-8-19(13-28)31-15-24-25-27-31/h4-7,10,15,18-19H,8-9,11-14H2,1-3H3/t19-/m1/s1. The van der Waals surface area contributed by atoms with Crippen molar-refractivity contribution < 1.29 is 4.79 Å². The first-order valence-electron chi connectivity index (χ1n) is 11.1. The molecule has 0 unspecified atom stereocenters. The van der Waals surface area contributed by atoms with Gasteiger partial charge in [0.05, 0.1) is 17.9 Å². The molecule has 0 spiro atoms. The van der Waals surface area contributed by atoms with Crippen molar-refractivity contribution in [3.63, 3.8) is 0 Å². The van der Waals surface area contributed by atoms with Crippen molar-refractivity contribution in [2.45, 2.75) is 45.7 Å². The van der Waals surface area contributed by atoms with E-state index in [4.69, 9.17) is 0 Å². The molecule has 168 valence electrons. The van der Waals surface area contributed by atoms with E-state index in [9.17, 15) is 4.79 Å². The molecule has 4 heterocycles. The first-order chi connectivity index (χ1) is 15.4. The van der Waals surface area contributed by atoms with Crippen LogP contribution in [0.25, 0.3) is 11.3 Å². The highest BCUT2D eigenvalue weighted by atomic mass is 16.2. The second kappa shape index (κ2) is 7.99. The van der Waals surface area contributed by atoms with Crippen LogP contribution >= 0.6 is 0 Å². The quantitative estimate of drug-likeness (QED) is 0.624. The van der Waals surface area contributed by atoms with E-state index < -0.39 is 0 Å². The first-order valence-corrected chi connectivity index (χ1v) is 11.1. The first kappa shape index (κ1) is 20.6. The van der Waals surface area contributed by atoms with Crippen LogP contribution < -0.4 is 0 Å². The van der Waals surface area contributed by atoms with Gasteiger partial charge in [-0.2, -0.15) is 0 Å². The summed E-state index contributed by atoms with van der Waals surface area (Å²) in [5.74, 6) is 0.378. The van der Waals surface area contributed by atoms with Crippen LogP contribution in [0.1, 0.15) is 44.7 Å². The average molecular weight is 436 g/mol. The summed E-state index contributed by atoms with van der Waals surface area (Å²) in [5, 5.41) is 19.7. The Hall–Kier alpha value is -3.30. The SMILES string of the molecule is CC(C)(C)Cn1nncc1-c1ccc(C2CN(C(=O)N3CC[C@@H](n4cnnn4)C3)C2)cc1. The molecular formula is C22H29N9O. The Kier molecular flexibility index (Phi) is 5.15. The number of nitrogens with zero attached hydrogens (tertiary/aromatic N) is 9. The van der Waals surface area contributed by atoms with E-state index in [0.29, 0.717) is 12.5 Å². The lowest BCUT2D eigenvalue weighted by Gasteiger charge is -2.41. The summed E-state index contributed by atoms with van der Waals surface area (Å²) in [4.78, 5) is 16.7. The Balaban J connectivity index is 1.17. The highest BCUT2D eigenvalue weighted by Gasteiger charge is 2.37. The topological polar surface area (TPSA) is 97.9 Å². The number of urea groups is 1. The lowest BCUT2D eigenvalue weighted by Crippen LogP contribution is -2.53. The molecule has 2 fully saturated rings. The Labute approximate surface area is 187 Å². The van der Waals surface area contributed by atoms with Gasteiger partial charge in [0.2, 0.25) is 0 Å². The van der Waals surface area contributed by atoms with E-state index in [-0.39, 0.29) is 17.5 Å². The lowest BCUT2D eigenvalue weighted by atomic mass is 9.91. The number of hydrogen-bond donors (Lipinski definition) is 0. The molecule has 2 amide bonds. The van der Waals surface area contributed by atoms with Crippen LogP contribution in [0.2, 0.25) is 0 Å². The molecule has 5 rings (SSSR count). The molecule has 0 N–H and O–H groups in total. The van der Waals surface area contributed by atoms with Gasteiger partial charge in [-0.05, 0) is 27.8 Å². The van der Waals surface area contributed by atoms with Crippen molar-refractivity contribution in [1.29, 1.82) is 0 Å². The summed E-state index contributed by atoms with van der Waals surface area (Å²) >= 11 is 0. The van der Waals surface area contributed by atoms with Crippen LogP contribution in [-0.4, -0.2) is 77.2 Å². The van der Waals surface area contributed by atoms with Gasteiger partial charge in [0, 0.05) is 44.2 Å². The molecular weight excluding hydrogens is 406 g/mol. The number of benzene rings is 1.